The number of hydrogen-bond acceptors (Lipinski definition) is 21. The fourth-order valence-electron chi connectivity index (χ4n) is 6.21. The number of hydrogen-bond donors (Lipinski definition) is 11. The van der Waals surface area contributed by atoms with E-state index < -0.39 is 132 Å². The summed E-state index contributed by atoms with van der Waals surface area (Å²) in [5.41, 5.74) is -1.78. The van der Waals surface area contributed by atoms with E-state index in [1.54, 1.807) is 0 Å². The number of aliphatic hydroxyl groups is 6. The van der Waals surface area contributed by atoms with Crippen LogP contribution in [0.4, 0.5) is 0 Å². The van der Waals surface area contributed by atoms with Gasteiger partial charge in [0, 0.05) is 17.7 Å². The van der Waals surface area contributed by atoms with Crippen molar-refractivity contribution in [2.24, 2.45) is 0 Å². The Balaban J connectivity index is 1.28. The van der Waals surface area contributed by atoms with Gasteiger partial charge in [-0.25, -0.2) is 4.79 Å². The van der Waals surface area contributed by atoms with Crippen LogP contribution < -0.4 is 19.6 Å². The molecule has 2 aliphatic rings. The molecule has 3 aromatic carbocycles. The Bertz CT molecular complexity index is 2150. The molecule has 0 saturated carbocycles. The SMILES string of the molecule is COc1cc(C(=O)O[C@H]2[C@H](OC[C@@H]3O[C@H](Oc4c(-c5ccc(O)c(O)c5)oc5cc(O)cc(O)c5c4=O)[C@@H](O)[C@H](O)[C@H]3O)O[C@@H](CO)[C@H](O)[C@H]2O)cc(OC)c1O. The van der Waals surface area contributed by atoms with Crippen LogP contribution in [-0.2, 0) is 18.9 Å². The quantitative estimate of drug-likeness (QED) is 0.0631. The largest absolute Gasteiger partial charge is 0.508 e. The highest BCUT2D eigenvalue weighted by Gasteiger charge is 2.50. The van der Waals surface area contributed by atoms with Gasteiger partial charge in [0.25, 0.3) is 0 Å². The molecule has 0 amide bonds. The Morgan fingerprint density at radius 1 is 0.737 bits per heavy atom. The van der Waals surface area contributed by atoms with Gasteiger partial charge in [0.15, 0.2) is 41.2 Å². The number of carbonyl (C=O) groups excluding carboxylic acids is 1. The first kappa shape index (κ1) is 41.0. The summed E-state index contributed by atoms with van der Waals surface area (Å²) in [6, 6.07) is 7.25. The van der Waals surface area contributed by atoms with Crippen molar-refractivity contribution in [2.75, 3.05) is 27.4 Å². The van der Waals surface area contributed by atoms with E-state index in [2.05, 4.69) is 0 Å². The minimum atomic E-state index is -2.09. The normalized spacial score (nSPS) is 27.5. The minimum absolute atomic E-state index is 0.0914. The van der Waals surface area contributed by atoms with Crippen molar-refractivity contribution < 1.29 is 98.5 Å². The number of phenols is 5. The standard InChI is InChI=1S/C36H38O21/c1-50-19-6-13(7-20(51-2)24(19)42)34(49)56-33-29(47)25(43)21(10-37)54-36(33)52-11-22-26(44)28(46)30(48)35(55-22)57-32-27(45)23-17(41)8-14(38)9-18(23)53-31(32)12-3-4-15(39)16(40)5-12/h3-9,21-22,25-26,28-30,33,35-44,46-48H,10-11H2,1-2H3/t21-,22-,25-,26-,28+,29+,30-,33+,35+,36+/m0/s1. The minimum Gasteiger partial charge on any atom is -0.508 e. The van der Waals surface area contributed by atoms with Crippen LogP contribution in [0.15, 0.2) is 51.7 Å². The van der Waals surface area contributed by atoms with Gasteiger partial charge < -0.3 is 93.7 Å². The molecular formula is C36H38O21. The van der Waals surface area contributed by atoms with Crippen LogP contribution in [0.1, 0.15) is 10.4 Å². The highest BCUT2D eigenvalue weighted by molar-refractivity contribution is 5.91. The molecule has 2 aliphatic heterocycles. The third kappa shape index (κ3) is 7.87. The van der Waals surface area contributed by atoms with Crippen LogP contribution in [0.3, 0.4) is 0 Å². The van der Waals surface area contributed by atoms with Gasteiger partial charge in [-0.2, -0.15) is 0 Å². The van der Waals surface area contributed by atoms with Crippen LogP contribution >= 0.6 is 0 Å². The molecule has 4 aromatic rings. The summed E-state index contributed by atoms with van der Waals surface area (Å²) in [6.45, 7) is -1.66. The summed E-state index contributed by atoms with van der Waals surface area (Å²) in [4.78, 5) is 27.1. The number of phenolic OH excluding ortho intramolecular Hbond substituents is 5. The lowest BCUT2D eigenvalue weighted by atomic mass is 9.98. The van der Waals surface area contributed by atoms with Crippen LogP contribution in [0.25, 0.3) is 22.3 Å². The molecule has 0 unspecified atom stereocenters. The highest BCUT2D eigenvalue weighted by Crippen LogP contribution is 2.40. The van der Waals surface area contributed by atoms with E-state index >= 15 is 0 Å². The van der Waals surface area contributed by atoms with E-state index in [1.165, 1.54) is 20.3 Å². The second kappa shape index (κ2) is 16.5. The Morgan fingerprint density at radius 3 is 2.02 bits per heavy atom. The molecule has 6 rings (SSSR count). The van der Waals surface area contributed by atoms with Crippen LogP contribution in [0.2, 0.25) is 0 Å². The molecule has 0 spiro atoms. The zero-order valence-corrected chi connectivity index (χ0v) is 29.7. The summed E-state index contributed by atoms with van der Waals surface area (Å²) in [5, 5.41) is 114. The van der Waals surface area contributed by atoms with E-state index in [9.17, 15) is 65.8 Å². The third-order valence-corrected chi connectivity index (χ3v) is 9.27. The molecule has 2 saturated heterocycles. The molecule has 2 fully saturated rings. The van der Waals surface area contributed by atoms with Crippen molar-refractivity contribution in [2.45, 2.75) is 61.4 Å². The number of carbonyl (C=O) groups is 1. The number of esters is 1. The number of ether oxygens (including phenoxy) is 7. The monoisotopic (exact) mass is 806 g/mol. The Morgan fingerprint density at radius 2 is 1.39 bits per heavy atom. The maximum Gasteiger partial charge on any atom is 0.338 e. The van der Waals surface area contributed by atoms with Crippen molar-refractivity contribution in [3.63, 3.8) is 0 Å². The van der Waals surface area contributed by atoms with Gasteiger partial charge in [-0.15, -0.1) is 0 Å². The predicted molar refractivity (Wildman–Crippen MR) is 186 cm³/mol. The Kier molecular flexibility index (Phi) is 11.9. The summed E-state index contributed by atoms with van der Waals surface area (Å²) >= 11 is 0. The summed E-state index contributed by atoms with van der Waals surface area (Å²) in [6.07, 6.45) is -18.7. The smallest absolute Gasteiger partial charge is 0.338 e. The third-order valence-electron chi connectivity index (χ3n) is 9.27. The van der Waals surface area contributed by atoms with Gasteiger partial charge in [0.2, 0.25) is 23.2 Å². The van der Waals surface area contributed by atoms with Crippen molar-refractivity contribution in [3.05, 3.63) is 58.3 Å². The van der Waals surface area contributed by atoms with E-state index in [0.717, 1.165) is 36.4 Å². The predicted octanol–water partition coefficient (Wildman–Crippen LogP) is -1.13. The van der Waals surface area contributed by atoms with Crippen molar-refractivity contribution >= 4 is 16.9 Å². The molecule has 3 heterocycles. The molecule has 0 bridgehead atoms. The number of aromatic hydroxyl groups is 5. The van der Waals surface area contributed by atoms with Crippen LogP contribution in [0.5, 0.6) is 46.0 Å². The average molecular weight is 807 g/mol. The van der Waals surface area contributed by atoms with Gasteiger partial charge in [-0.05, 0) is 30.3 Å². The fraction of sp³-hybridized carbons (Fsp3) is 0.389. The second-order valence-electron chi connectivity index (χ2n) is 12.9. The fourth-order valence-corrected chi connectivity index (χ4v) is 6.21. The molecular weight excluding hydrogens is 768 g/mol. The van der Waals surface area contributed by atoms with E-state index in [-0.39, 0.29) is 28.2 Å². The summed E-state index contributed by atoms with van der Waals surface area (Å²) in [7, 11) is 2.42. The van der Waals surface area contributed by atoms with Crippen molar-refractivity contribution in [1.29, 1.82) is 0 Å². The topological polar surface area (TPSA) is 334 Å². The van der Waals surface area contributed by atoms with E-state index in [1.807, 2.05) is 0 Å². The first-order valence-electron chi connectivity index (χ1n) is 16.9. The Hall–Kier alpha value is -5.62. The van der Waals surface area contributed by atoms with Crippen molar-refractivity contribution in [3.8, 4) is 57.3 Å². The summed E-state index contributed by atoms with van der Waals surface area (Å²) in [5.74, 6) is -5.61. The van der Waals surface area contributed by atoms with E-state index in [4.69, 9.17) is 37.6 Å². The lowest BCUT2D eigenvalue weighted by Gasteiger charge is -2.43. The lowest BCUT2D eigenvalue weighted by molar-refractivity contribution is -0.322. The van der Waals surface area contributed by atoms with Gasteiger partial charge in [0.1, 0.15) is 65.2 Å². The van der Waals surface area contributed by atoms with Crippen LogP contribution in [0, 0.1) is 0 Å². The number of benzene rings is 3. The molecule has 21 heteroatoms. The molecule has 1 aromatic heterocycles. The molecule has 0 aliphatic carbocycles. The first-order valence-corrected chi connectivity index (χ1v) is 16.9. The van der Waals surface area contributed by atoms with Gasteiger partial charge in [0.05, 0.1) is 33.0 Å². The maximum atomic E-state index is 13.8. The molecule has 11 N–H and O–H groups in total. The molecule has 10 atom stereocenters. The Labute approximate surface area is 319 Å². The van der Waals surface area contributed by atoms with Crippen molar-refractivity contribution in [1.82, 2.24) is 0 Å². The van der Waals surface area contributed by atoms with Gasteiger partial charge >= 0.3 is 5.97 Å². The first-order chi connectivity index (χ1) is 27.1. The van der Waals surface area contributed by atoms with Gasteiger partial charge in [-0.3, -0.25) is 4.79 Å². The maximum absolute atomic E-state index is 13.8. The number of aliphatic hydroxyl groups excluding tert-OH is 6. The molecule has 0 radical (unpaired) electrons. The average Bonchev–Trinajstić information content (AvgIpc) is 3.18. The molecule has 308 valence electrons. The number of methoxy groups -OCH3 is 2. The zero-order chi connectivity index (χ0) is 41.5. The van der Waals surface area contributed by atoms with Gasteiger partial charge in [-0.1, -0.05) is 0 Å². The molecule has 21 nitrogen and oxygen atoms in total. The zero-order valence-electron chi connectivity index (χ0n) is 29.7. The second-order valence-corrected chi connectivity index (χ2v) is 12.9. The number of rotatable bonds is 11. The number of fused-ring (bicyclic) bond motifs is 1. The molecule has 57 heavy (non-hydrogen) atoms. The van der Waals surface area contributed by atoms with E-state index in [0.29, 0.717) is 0 Å². The highest BCUT2D eigenvalue weighted by atomic mass is 16.7. The van der Waals surface area contributed by atoms with Crippen LogP contribution in [-0.4, -0.2) is 151 Å². The lowest BCUT2D eigenvalue weighted by Crippen LogP contribution is -2.62. The summed E-state index contributed by atoms with van der Waals surface area (Å²) < 4.78 is 44.1.